The molecule has 2 heteroatoms. The summed E-state index contributed by atoms with van der Waals surface area (Å²) in [6, 6.07) is 8.64. The number of hydrogen-bond donors (Lipinski definition) is 1. The van der Waals surface area contributed by atoms with Crippen LogP contribution < -0.4 is 5.32 Å². The summed E-state index contributed by atoms with van der Waals surface area (Å²) < 4.78 is 0. The Morgan fingerprint density at radius 1 is 1.54 bits per heavy atom. The summed E-state index contributed by atoms with van der Waals surface area (Å²) >= 11 is 0. The molecule has 66 valence electrons. The van der Waals surface area contributed by atoms with Crippen molar-refractivity contribution in [3.05, 3.63) is 34.9 Å². The first kappa shape index (κ1) is 8.28. The lowest BCUT2D eigenvalue weighted by Crippen LogP contribution is -2.35. The summed E-state index contributed by atoms with van der Waals surface area (Å²) in [5.41, 5.74) is 3.19. The molecule has 1 N–H and O–H groups in total. The van der Waals surface area contributed by atoms with E-state index in [1.807, 2.05) is 12.1 Å². The van der Waals surface area contributed by atoms with Gasteiger partial charge in [0.2, 0.25) is 0 Å². The summed E-state index contributed by atoms with van der Waals surface area (Å²) in [7, 11) is 0. The van der Waals surface area contributed by atoms with E-state index in [1.165, 1.54) is 5.56 Å². The van der Waals surface area contributed by atoms with Gasteiger partial charge in [-0.25, -0.2) is 0 Å². The summed E-state index contributed by atoms with van der Waals surface area (Å²) in [6.45, 7) is 3.13. The van der Waals surface area contributed by atoms with E-state index < -0.39 is 0 Å². The van der Waals surface area contributed by atoms with Gasteiger partial charge in [0.05, 0.1) is 11.6 Å². The average molecular weight is 172 g/mol. The minimum Gasteiger partial charge on any atom is -0.310 e. The van der Waals surface area contributed by atoms with Crippen molar-refractivity contribution >= 4 is 0 Å². The van der Waals surface area contributed by atoms with Crippen LogP contribution in [0, 0.1) is 18.3 Å². The smallest absolute Gasteiger partial charge is 0.0995 e. The zero-order chi connectivity index (χ0) is 9.26. The molecule has 13 heavy (non-hydrogen) atoms. The Morgan fingerprint density at radius 2 is 2.31 bits per heavy atom. The van der Waals surface area contributed by atoms with Crippen molar-refractivity contribution in [1.29, 1.82) is 5.26 Å². The van der Waals surface area contributed by atoms with E-state index in [4.69, 9.17) is 5.26 Å². The van der Waals surface area contributed by atoms with Crippen LogP contribution in [0.5, 0.6) is 0 Å². The molecule has 2 rings (SSSR count). The zero-order valence-corrected chi connectivity index (χ0v) is 7.67. The van der Waals surface area contributed by atoms with Gasteiger partial charge in [-0.3, -0.25) is 0 Å². The van der Waals surface area contributed by atoms with Crippen LogP contribution in [-0.4, -0.2) is 6.54 Å². The molecule has 0 radical (unpaired) electrons. The third kappa shape index (κ3) is 1.43. The minimum atomic E-state index is 0.412. The fraction of sp³-hybridized carbons (Fsp3) is 0.364. The Morgan fingerprint density at radius 3 is 2.85 bits per heavy atom. The molecule has 0 spiro atoms. The quantitative estimate of drug-likeness (QED) is 0.702. The van der Waals surface area contributed by atoms with Gasteiger partial charge in [-0.05, 0) is 31.5 Å². The molecule has 0 bridgehead atoms. The van der Waals surface area contributed by atoms with Crippen molar-refractivity contribution in [2.75, 3.05) is 6.54 Å². The van der Waals surface area contributed by atoms with Gasteiger partial charge in [0.1, 0.15) is 0 Å². The monoisotopic (exact) mass is 172 g/mol. The predicted octanol–water partition coefficient (Wildman–Crippen LogP) is 1.90. The Hall–Kier alpha value is -1.33. The van der Waals surface area contributed by atoms with Gasteiger partial charge in [0, 0.05) is 6.04 Å². The van der Waals surface area contributed by atoms with Crippen molar-refractivity contribution in [1.82, 2.24) is 5.32 Å². The van der Waals surface area contributed by atoms with Crippen LogP contribution in [-0.2, 0) is 0 Å². The number of nitrogens with one attached hydrogen (secondary N) is 1. The molecule has 0 unspecified atom stereocenters. The van der Waals surface area contributed by atoms with Crippen LogP contribution in [0.3, 0.4) is 0 Å². The lowest BCUT2D eigenvalue weighted by Gasteiger charge is -2.28. The number of rotatable bonds is 1. The number of nitriles is 1. The molecule has 0 aromatic heterocycles. The van der Waals surface area contributed by atoms with E-state index in [0.717, 1.165) is 24.1 Å². The third-order valence-corrected chi connectivity index (χ3v) is 2.53. The SMILES string of the molecule is Cc1ccc(C#N)c([C@@H]2CCN2)c1. The number of hydrogen-bond acceptors (Lipinski definition) is 2. The van der Waals surface area contributed by atoms with Crippen molar-refractivity contribution in [3.8, 4) is 6.07 Å². The summed E-state index contributed by atoms with van der Waals surface area (Å²) in [5.74, 6) is 0. The van der Waals surface area contributed by atoms with Crippen molar-refractivity contribution < 1.29 is 0 Å². The first-order chi connectivity index (χ1) is 6.31. The Kier molecular flexibility index (Phi) is 2.03. The van der Waals surface area contributed by atoms with Gasteiger partial charge in [0.25, 0.3) is 0 Å². The van der Waals surface area contributed by atoms with Crippen molar-refractivity contribution in [2.45, 2.75) is 19.4 Å². The summed E-state index contributed by atoms with van der Waals surface area (Å²) in [6.07, 6.45) is 1.15. The van der Waals surface area contributed by atoms with Crippen LogP contribution in [0.1, 0.15) is 29.2 Å². The van der Waals surface area contributed by atoms with Crippen molar-refractivity contribution in [2.24, 2.45) is 0 Å². The topological polar surface area (TPSA) is 35.8 Å². The number of nitrogens with zero attached hydrogens (tertiary/aromatic N) is 1. The molecule has 1 atom stereocenters. The lowest BCUT2D eigenvalue weighted by atomic mass is 9.92. The van der Waals surface area contributed by atoms with Gasteiger partial charge in [-0.15, -0.1) is 0 Å². The molecular formula is C11H12N2. The largest absolute Gasteiger partial charge is 0.310 e. The second kappa shape index (κ2) is 3.20. The van der Waals surface area contributed by atoms with Crippen LogP contribution >= 0.6 is 0 Å². The standard InChI is InChI=1S/C11H12N2/c1-8-2-3-9(7-12)10(6-8)11-4-5-13-11/h2-3,6,11,13H,4-5H2,1H3/t11-/m0/s1. The second-order valence-electron chi connectivity index (χ2n) is 3.50. The van der Waals surface area contributed by atoms with E-state index in [-0.39, 0.29) is 0 Å². The molecule has 1 saturated heterocycles. The van der Waals surface area contributed by atoms with Gasteiger partial charge in [0.15, 0.2) is 0 Å². The van der Waals surface area contributed by atoms with Crippen LogP contribution in [0.4, 0.5) is 0 Å². The maximum Gasteiger partial charge on any atom is 0.0995 e. The van der Waals surface area contributed by atoms with Crippen LogP contribution in [0.2, 0.25) is 0 Å². The molecule has 1 aromatic carbocycles. The van der Waals surface area contributed by atoms with Gasteiger partial charge in [-0.2, -0.15) is 5.26 Å². The highest BCUT2D eigenvalue weighted by Gasteiger charge is 2.21. The van der Waals surface area contributed by atoms with Gasteiger partial charge in [-0.1, -0.05) is 17.7 Å². The zero-order valence-electron chi connectivity index (χ0n) is 7.67. The van der Waals surface area contributed by atoms with Gasteiger partial charge < -0.3 is 5.32 Å². The normalized spacial score (nSPS) is 20.5. The Balaban J connectivity index is 2.41. The molecular weight excluding hydrogens is 160 g/mol. The average Bonchev–Trinajstić information content (AvgIpc) is 2.02. The maximum absolute atomic E-state index is 8.90. The molecule has 1 heterocycles. The van der Waals surface area contributed by atoms with E-state index in [2.05, 4.69) is 24.4 Å². The molecule has 0 aliphatic carbocycles. The Labute approximate surface area is 78.2 Å². The fourth-order valence-electron chi connectivity index (χ4n) is 1.63. The lowest BCUT2D eigenvalue weighted by molar-refractivity contribution is 0.382. The molecule has 1 aromatic rings. The molecule has 2 nitrogen and oxygen atoms in total. The van der Waals surface area contributed by atoms with Crippen molar-refractivity contribution in [3.63, 3.8) is 0 Å². The molecule has 0 amide bonds. The highest BCUT2D eigenvalue weighted by atomic mass is 15.0. The highest BCUT2D eigenvalue weighted by molar-refractivity contribution is 5.42. The minimum absolute atomic E-state index is 0.412. The second-order valence-corrected chi connectivity index (χ2v) is 3.50. The number of benzene rings is 1. The van der Waals surface area contributed by atoms with Crippen LogP contribution in [0.15, 0.2) is 18.2 Å². The van der Waals surface area contributed by atoms with Crippen LogP contribution in [0.25, 0.3) is 0 Å². The number of aryl methyl sites for hydroxylation is 1. The Bertz CT molecular complexity index is 359. The molecule has 1 aliphatic heterocycles. The molecule has 0 saturated carbocycles. The third-order valence-electron chi connectivity index (χ3n) is 2.53. The van der Waals surface area contributed by atoms with E-state index in [1.54, 1.807) is 0 Å². The summed E-state index contributed by atoms with van der Waals surface area (Å²) in [4.78, 5) is 0. The van der Waals surface area contributed by atoms with Gasteiger partial charge >= 0.3 is 0 Å². The summed E-state index contributed by atoms with van der Waals surface area (Å²) in [5, 5.41) is 12.2. The fourth-order valence-corrected chi connectivity index (χ4v) is 1.63. The predicted molar refractivity (Wildman–Crippen MR) is 51.3 cm³/mol. The van der Waals surface area contributed by atoms with E-state index in [0.29, 0.717) is 6.04 Å². The highest BCUT2D eigenvalue weighted by Crippen LogP contribution is 2.26. The maximum atomic E-state index is 8.90. The molecule has 1 fully saturated rings. The first-order valence-corrected chi connectivity index (χ1v) is 4.55. The van der Waals surface area contributed by atoms with E-state index in [9.17, 15) is 0 Å². The molecule has 1 aliphatic rings. The first-order valence-electron chi connectivity index (χ1n) is 4.55. The van der Waals surface area contributed by atoms with E-state index >= 15 is 0 Å².